The van der Waals surface area contributed by atoms with E-state index >= 15 is 0 Å². The van der Waals surface area contributed by atoms with Crippen LogP contribution in [0.1, 0.15) is 6.42 Å². The van der Waals surface area contributed by atoms with Crippen LogP contribution in [-0.2, 0) is 0 Å². The van der Waals surface area contributed by atoms with E-state index < -0.39 is 0 Å². The molecule has 0 aromatic heterocycles. The molecule has 2 aliphatic heterocycles. The number of piperazine rings is 1. The highest BCUT2D eigenvalue weighted by atomic mass is 35.5. The number of nitrogens with one attached hydrogen (secondary N) is 1. The average molecular weight is 280 g/mol. The van der Waals surface area contributed by atoms with Gasteiger partial charge < -0.3 is 10.2 Å². The van der Waals surface area contributed by atoms with Crippen molar-refractivity contribution in [2.75, 3.05) is 50.7 Å². The standard InChI is InChI=1S/C15H22ClN3/c16-14-3-1-2-4-15(14)19-9-7-18(8-10-19)6-5-13-11-17-12-13/h1-4,13,17H,5-12H2. The average Bonchev–Trinajstić information content (AvgIpc) is 2.39. The van der Waals surface area contributed by atoms with E-state index in [1.54, 1.807) is 0 Å². The topological polar surface area (TPSA) is 18.5 Å². The first-order valence-electron chi connectivity index (χ1n) is 7.25. The SMILES string of the molecule is Clc1ccccc1N1CCN(CCC2CNC2)CC1. The van der Waals surface area contributed by atoms with Crippen LogP contribution in [0.3, 0.4) is 0 Å². The van der Waals surface area contributed by atoms with Crippen molar-refractivity contribution >= 4 is 17.3 Å². The number of para-hydroxylation sites is 1. The third-order valence-corrected chi connectivity index (χ3v) is 4.60. The zero-order valence-corrected chi connectivity index (χ0v) is 12.1. The number of hydrogen-bond donors (Lipinski definition) is 1. The smallest absolute Gasteiger partial charge is 0.0639 e. The van der Waals surface area contributed by atoms with Gasteiger partial charge in [-0.1, -0.05) is 23.7 Å². The van der Waals surface area contributed by atoms with Crippen molar-refractivity contribution in [3.05, 3.63) is 29.3 Å². The number of rotatable bonds is 4. The Balaban J connectivity index is 1.47. The molecule has 0 spiro atoms. The monoisotopic (exact) mass is 279 g/mol. The van der Waals surface area contributed by atoms with Crippen LogP contribution in [0.2, 0.25) is 5.02 Å². The fourth-order valence-corrected chi connectivity index (χ4v) is 3.09. The number of halogens is 1. The molecule has 2 aliphatic rings. The molecule has 0 radical (unpaired) electrons. The second-order valence-corrected chi connectivity index (χ2v) is 6.00. The molecule has 0 saturated carbocycles. The van der Waals surface area contributed by atoms with E-state index in [9.17, 15) is 0 Å². The fraction of sp³-hybridized carbons (Fsp3) is 0.600. The minimum atomic E-state index is 0.872. The van der Waals surface area contributed by atoms with Gasteiger partial charge in [-0.25, -0.2) is 0 Å². The van der Waals surface area contributed by atoms with Gasteiger partial charge in [-0.3, -0.25) is 4.90 Å². The summed E-state index contributed by atoms with van der Waals surface area (Å²) < 4.78 is 0. The summed E-state index contributed by atoms with van der Waals surface area (Å²) in [6.07, 6.45) is 1.35. The van der Waals surface area contributed by atoms with E-state index in [0.717, 1.165) is 37.1 Å². The highest BCUT2D eigenvalue weighted by Gasteiger charge is 2.21. The summed E-state index contributed by atoms with van der Waals surface area (Å²) in [7, 11) is 0. The number of benzene rings is 1. The van der Waals surface area contributed by atoms with E-state index in [2.05, 4.69) is 27.2 Å². The van der Waals surface area contributed by atoms with Gasteiger partial charge in [0.1, 0.15) is 0 Å². The molecule has 0 atom stereocenters. The molecule has 3 nitrogen and oxygen atoms in total. The van der Waals surface area contributed by atoms with Crippen molar-refractivity contribution in [1.29, 1.82) is 0 Å². The van der Waals surface area contributed by atoms with Gasteiger partial charge in [0.25, 0.3) is 0 Å². The predicted molar refractivity (Wildman–Crippen MR) is 81.1 cm³/mol. The van der Waals surface area contributed by atoms with Crippen LogP contribution >= 0.6 is 11.6 Å². The van der Waals surface area contributed by atoms with Crippen LogP contribution in [0.25, 0.3) is 0 Å². The van der Waals surface area contributed by atoms with E-state index in [4.69, 9.17) is 11.6 Å². The molecule has 104 valence electrons. The van der Waals surface area contributed by atoms with Crippen LogP contribution in [0.15, 0.2) is 24.3 Å². The Bertz CT molecular complexity index is 412. The van der Waals surface area contributed by atoms with Gasteiger partial charge >= 0.3 is 0 Å². The molecule has 1 aromatic carbocycles. The minimum Gasteiger partial charge on any atom is -0.368 e. The maximum Gasteiger partial charge on any atom is 0.0639 e. The number of hydrogen-bond acceptors (Lipinski definition) is 3. The number of anilines is 1. The third-order valence-electron chi connectivity index (χ3n) is 4.29. The van der Waals surface area contributed by atoms with Crippen LogP contribution in [0.4, 0.5) is 5.69 Å². The zero-order valence-electron chi connectivity index (χ0n) is 11.3. The summed E-state index contributed by atoms with van der Waals surface area (Å²) >= 11 is 6.26. The maximum absolute atomic E-state index is 6.26. The van der Waals surface area contributed by atoms with Crippen molar-refractivity contribution in [2.24, 2.45) is 5.92 Å². The molecule has 0 unspecified atom stereocenters. The van der Waals surface area contributed by atoms with Crippen molar-refractivity contribution in [2.45, 2.75) is 6.42 Å². The maximum atomic E-state index is 6.26. The Labute approximate surface area is 120 Å². The highest BCUT2D eigenvalue weighted by molar-refractivity contribution is 6.33. The van der Waals surface area contributed by atoms with Gasteiger partial charge in [0.15, 0.2) is 0 Å². The first-order chi connectivity index (χ1) is 9.33. The molecular formula is C15H22ClN3. The van der Waals surface area contributed by atoms with E-state index in [1.165, 1.54) is 31.7 Å². The number of nitrogens with zero attached hydrogens (tertiary/aromatic N) is 2. The molecule has 1 N–H and O–H groups in total. The van der Waals surface area contributed by atoms with Gasteiger partial charge in [0, 0.05) is 26.2 Å². The molecule has 4 heteroatoms. The molecule has 2 saturated heterocycles. The van der Waals surface area contributed by atoms with E-state index in [-0.39, 0.29) is 0 Å². The van der Waals surface area contributed by atoms with Crippen LogP contribution in [0.5, 0.6) is 0 Å². The summed E-state index contributed by atoms with van der Waals surface area (Å²) in [6.45, 7) is 8.19. The summed E-state index contributed by atoms with van der Waals surface area (Å²) in [5, 5.41) is 4.21. The lowest BCUT2D eigenvalue weighted by Crippen LogP contribution is -2.49. The molecule has 3 rings (SSSR count). The molecule has 0 aliphatic carbocycles. The van der Waals surface area contributed by atoms with Gasteiger partial charge in [0.2, 0.25) is 0 Å². The first-order valence-corrected chi connectivity index (χ1v) is 7.63. The third kappa shape index (κ3) is 3.22. The molecule has 1 aromatic rings. The van der Waals surface area contributed by atoms with Crippen molar-refractivity contribution in [3.63, 3.8) is 0 Å². The summed E-state index contributed by atoms with van der Waals surface area (Å²) in [5.74, 6) is 0.918. The quantitative estimate of drug-likeness (QED) is 0.910. The molecule has 0 amide bonds. The van der Waals surface area contributed by atoms with E-state index in [1.807, 2.05) is 12.1 Å². The highest BCUT2D eigenvalue weighted by Crippen LogP contribution is 2.26. The van der Waals surface area contributed by atoms with Gasteiger partial charge in [0.05, 0.1) is 10.7 Å². The molecule has 0 bridgehead atoms. The van der Waals surface area contributed by atoms with Crippen LogP contribution in [0, 0.1) is 5.92 Å². The Morgan fingerprint density at radius 3 is 2.47 bits per heavy atom. The summed E-state index contributed by atoms with van der Waals surface area (Å²) in [6, 6.07) is 8.16. The first kappa shape index (κ1) is 13.2. The van der Waals surface area contributed by atoms with Crippen molar-refractivity contribution < 1.29 is 0 Å². The zero-order chi connectivity index (χ0) is 13.1. The lowest BCUT2D eigenvalue weighted by molar-refractivity contribution is 0.216. The minimum absolute atomic E-state index is 0.872. The van der Waals surface area contributed by atoms with Crippen LogP contribution < -0.4 is 10.2 Å². The van der Waals surface area contributed by atoms with Gasteiger partial charge in [-0.05, 0) is 44.1 Å². The van der Waals surface area contributed by atoms with Gasteiger partial charge in [-0.15, -0.1) is 0 Å². The Morgan fingerprint density at radius 1 is 1.11 bits per heavy atom. The molecule has 19 heavy (non-hydrogen) atoms. The lowest BCUT2D eigenvalue weighted by Gasteiger charge is -2.37. The second-order valence-electron chi connectivity index (χ2n) is 5.59. The lowest BCUT2D eigenvalue weighted by atomic mass is 9.99. The van der Waals surface area contributed by atoms with Crippen molar-refractivity contribution in [1.82, 2.24) is 10.2 Å². The molecular weight excluding hydrogens is 258 g/mol. The Morgan fingerprint density at radius 2 is 1.84 bits per heavy atom. The largest absolute Gasteiger partial charge is 0.368 e. The summed E-state index contributed by atoms with van der Waals surface area (Å²) in [5.41, 5.74) is 1.19. The van der Waals surface area contributed by atoms with Crippen molar-refractivity contribution in [3.8, 4) is 0 Å². The molecule has 2 heterocycles. The fourth-order valence-electron chi connectivity index (χ4n) is 2.84. The van der Waals surface area contributed by atoms with E-state index in [0.29, 0.717) is 0 Å². The van der Waals surface area contributed by atoms with Gasteiger partial charge in [-0.2, -0.15) is 0 Å². The predicted octanol–water partition coefficient (Wildman–Crippen LogP) is 2.07. The Kier molecular flexibility index (Phi) is 4.26. The molecule has 2 fully saturated rings. The summed E-state index contributed by atoms with van der Waals surface area (Å²) in [4.78, 5) is 5.00. The normalized spacial score (nSPS) is 21.4. The second kappa shape index (κ2) is 6.12. The Hall–Kier alpha value is -0.770. The van der Waals surface area contributed by atoms with Crippen LogP contribution in [-0.4, -0.2) is 50.7 Å².